The Balaban J connectivity index is 0.00000121. The number of nitrogens with zero attached hydrogens (tertiary/aromatic N) is 1. The molecule has 0 fully saturated rings. The third kappa shape index (κ3) is 3.08. The molecule has 0 unspecified atom stereocenters. The summed E-state index contributed by atoms with van der Waals surface area (Å²) in [6.07, 6.45) is 0.928. The van der Waals surface area contributed by atoms with Gasteiger partial charge in [0.1, 0.15) is 15.9 Å². The Morgan fingerprint density at radius 1 is 1.42 bits per heavy atom. The molecule has 1 rings (SSSR count). The zero-order valence-corrected chi connectivity index (χ0v) is 9.21. The van der Waals surface area contributed by atoms with Gasteiger partial charge < -0.3 is 10.3 Å². The molecule has 5 nitrogen and oxygen atoms in total. The van der Waals surface area contributed by atoms with E-state index < -0.39 is 10.1 Å². The predicted molar refractivity (Wildman–Crippen MR) is 36.6 cm³/mol. The molecule has 0 aliphatic rings. The van der Waals surface area contributed by atoms with E-state index >= 15 is 0 Å². The van der Waals surface area contributed by atoms with Gasteiger partial charge in [-0.2, -0.15) is 0 Å². The van der Waals surface area contributed by atoms with Crippen molar-refractivity contribution in [2.75, 3.05) is 5.73 Å². The molecule has 0 saturated carbocycles. The van der Waals surface area contributed by atoms with E-state index in [9.17, 15) is 13.0 Å². The molecule has 0 bridgehead atoms. The van der Waals surface area contributed by atoms with Crippen molar-refractivity contribution < 1.29 is 42.5 Å². The molecule has 0 aromatic carbocycles. The second-order valence-electron chi connectivity index (χ2n) is 1.87. The Morgan fingerprint density at radius 2 is 2.00 bits per heavy atom. The average Bonchev–Trinajstić information content (AvgIpc) is 1.86. The average molecular weight is 196 g/mol. The van der Waals surface area contributed by atoms with Crippen molar-refractivity contribution in [1.29, 1.82) is 0 Å². The van der Waals surface area contributed by atoms with Crippen molar-refractivity contribution in [3.63, 3.8) is 0 Å². The minimum atomic E-state index is -4.39. The molecule has 12 heavy (non-hydrogen) atoms. The van der Waals surface area contributed by atoms with Crippen LogP contribution in [0.15, 0.2) is 23.2 Å². The van der Waals surface area contributed by atoms with Gasteiger partial charge in [-0.25, -0.2) is 13.4 Å². The van der Waals surface area contributed by atoms with Crippen LogP contribution >= 0.6 is 0 Å². The zero-order chi connectivity index (χ0) is 8.48. The van der Waals surface area contributed by atoms with Crippen LogP contribution in [0.2, 0.25) is 0 Å². The second kappa shape index (κ2) is 4.20. The van der Waals surface area contributed by atoms with Crippen LogP contribution < -0.4 is 35.3 Å². The minimum Gasteiger partial charge on any atom is -0.744 e. The number of hydrogen-bond donors (Lipinski definition) is 1. The standard InChI is InChI=1S/C5H6N2O3S.Na/c6-5-2-1-4(3-7-5)11(8,9)10;/h1-3H,(H2,6,7)(H,8,9,10);/q;+1/p-1. The molecule has 60 valence electrons. The fraction of sp³-hybridized carbons (Fsp3) is 0. The van der Waals surface area contributed by atoms with Gasteiger partial charge in [-0.1, -0.05) is 0 Å². The van der Waals surface area contributed by atoms with E-state index in [2.05, 4.69) is 4.98 Å². The summed E-state index contributed by atoms with van der Waals surface area (Å²) in [5, 5.41) is 0. The summed E-state index contributed by atoms with van der Waals surface area (Å²) in [5.41, 5.74) is 5.16. The van der Waals surface area contributed by atoms with E-state index in [-0.39, 0.29) is 40.3 Å². The summed E-state index contributed by atoms with van der Waals surface area (Å²) in [7, 11) is -4.39. The Kier molecular flexibility index (Phi) is 4.15. The fourth-order valence-electron chi connectivity index (χ4n) is 0.540. The molecule has 1 aromatic heterocycles. The van der Waals surface area contributed by atoms with Crippen molar-refractivity contribution in [3.8, 4) is 0 Å². The molecule has 0 aliphatic carbocycles. The smallest absolute Gasteiger partial charge is 0.744 e. The fourth-order valence-corrected chi connectivity index (χ4v) is 0.956. The van der Waals surface area contributed by atoms with Crippen molar-refractivity contribution in [3.05, 3.63) is 18.3 Å². The third-order valence-electron chi connectivity index (χ3n) is 1.05. The van der Waals surface area contributed by atoms with Gasteiger partial charge >= 0.3 is 29.6 Å². The van der Waals surface area contributed by atoms with E-state index in [4.69, 9.17) is 5.73 Å². The monoisotopic (exact) mass is 196 g/mol. The predicted octanol–water partition coefficient (Wildman–Crippen LogP) is -3.43. The van der Waals surface area contributed by atoms with Crippen LogP contribution in [0.4, 0.5) is 5.82 Å². The molecule has 0 spiro atoms. The van der Waals surface area contributed by atoms with Gasteiger partial charge in [-0.3, -0.25) is 0 Å². The van der Waals surface area contributed by atoms with Crippen molar-refractivity contribution >= 4 is 15.9 Å². The Bertz CT molecular complexity index is 347. The van der Waals surface area contributed by atoms with Crippen LogP contribution in [-0.2, 0) is 10.1 Å². The van der Waals surface area contributed by atoms with Crippen LogP contribution in [0.5, 0.6) is 0 Å². The summed E-state index contributed by atoms with van der Waals surface area (Å²) >= 11 is 0. The first-order chi connectivity index (χ1) is 5.00. The minimum absolute atomic E-state index is 0. The Morgan fingerprint density at radius 3 is 2.33 bits per heavy atom. The summed E-state index contributed by atoms with van der Waals surface area (Å²) in [6.45, 7) is 0. The molecule has 0 saturated heterocycles. The molecule has 0 aliphatic heterocycles. The van der Waals surface area contributed by atoms with Gasteiger partial charge in [0.15, 0.2) is 0 Å². The maximum atomic E-state index is 10.3. The topological polar surface area (TPSA) is 96.1 Å². The first-order valence-corrected chi connectivity index (χ1v) is 4.08. The van der Waals surface area contributed by atoms with E-state index in [0.29, 0.717) is 0 Å². The molecule has 0 atom stereocenters. The van der Waals surface area contributed by atoms with E-state index in [1.807, 2.05) is 0 Å². The maximum absolute atomic E-state index is 10.3. The first-order valence-electron chi connectivity index (χ1n) is 2.67. The van der Waals surface area contributed by atoms with Gasteiger partial charge in [0.2, 0.25) is 0 Å². The number of nitrogen functional groups attached to an aromatic ring is 1. The number of rotatable bonds is 1. The summed E-state index contributed by atoms with van der Waals surface area (Å²) in [6, 6.07) is 2.37. The van der Waals surface area contributed by atoms with Crippen LogP contribution in [0.25, 0.3) is 0 Å². The van der Waals surface area contributed by atoms with Crippen molar-refractivity contribution in [1.82, 2.24) is 4.98 Å². The maximum Gasteiger partial charge on any atom is 1.00 e. The van der Waals surface area contributed by atoms with E-state index in [0.717, 1.165) is 12.3 Å². The number of nitrogens with two attached hydrogens (primary N) is 1. The summed E-state index contributed by atoms with van der Waals surface area (Å²) in [5.74, 6) is 0.178. The second-order valence-corrected chi connectivity index (χ2v) is 3.25. The zero-order valence-electron chi connectivity index (χ0n) is 6.39. The molecule has 0 amide bonds. The van der Waals surface area contributed by atoms with Crippen LogP contribution in [-0.4, -0.2) is 18.0 Å². The molecular weight excluding hydrogens is 191 g/mol. The van der Waals surface area contributed by atoms with Gasteiger partial charge in [-0.05, 0) is 12.1 Å². The number of hydrogen-bond acceptors (Lipinski definition) is 5. The quantitative estimate of drug-likeness (QED) is 0.372. The van der Waals surface area contributed by atoms with Crippen molar-refractivity contribution in [2.24, 2.45) is 0 Å². The van der Waals surface area contributed by atoms with Crippen molar-refractivity contribution in [2.45, 2.75) is 4.90 Å². The van der Waals surface area contributed by atoms with E-state index in [1.165, 1.54) is 6.07 Å². The van der Waals surface area contributed by atoms with Crippen LogP contribution in [0.3, 0.4) is 0 Å². The molecule has 2 N–H and O–H groups in total. The summed E-state index contributed by atoms with van der Waals surface area (Å²) in [4.78, 5) is 3.08. The molecule has 1 heterocycles. The van der Waals surface area contributed by atoms with Gasteiger partial charge in [-0.15, -0.1) is 0 Å². The number of pyridine rings is 1. The summed E-state index contributed by atoms with van der Waals surface area (Å²) < 4.78 is 30.9. The molecule has 1 aromatic rings. The largest absolute Gasteiger partial charge is 1.00 e. The molecular formula is C5H5N2NaO3S. The third-order valence-corrected chi connectivity index (χ3v) is 1.87. The Labute approximate surface area is 92.0 Å². The molecule has 7 heteroatoms. The SMILES string of the molecule is Nc1ccc(S(=O)(=O)[O-])cn1.[Na+]. The normalized spacial score (nSPS) is 10.4. The van der Waals surface area contributed by atoms with Crippen LogP contribution in [0, 0.1) is 0 Å². The van der Waals surface area contributed by atoms with Gasteiger partial charge in [0.25, 0.3) is 0 Å². The number of aromatic nitrogens is 1. The molecule has 0 radical (unpaired) electrons. The van der Waals surface area contributed by atoms with Crippen LogP contribution in [0.1, 0.15) is 0 Å². The first kappa shape index (κ1) is 11.9. The Hall–Kier alpha value is -0.140. The van der Waals surface area contributed by atoms with E-state index in [1.54, 1.807) is 0 Å². The van der Waals surface area contributed by atoms with Gasteiger partial charge in [0, 0.05) is 6.20 Å². The number of anilines is 1. The van der Waals surface area contributed by atoms with Gasteiger partial charge in [0.05, 0.1) is 4.90 Å².